The van der Waals surface area contributed by atoms with Crippen LogP contribution in [0.5, 0.6) is 0 Å². The Hall–Kier alpha value is 0.224. The van der Waals surface area contributed by atoms with E-state index in [0.717, 1.165) is 0 Å². The monoisotopic (exact) mass is 365 g/mol. The molecule has 3 rings (SSSR count). The summed E-state index contributed by atoms with van der Waals surface area (Å²) in [6.45, 7) is 17.7. The minimum Gasteiger partial charge on any atom is -0.373 e. The van der Waals surface area contributed by atoms with Gasteiger partial charge in [0.15, 0.2) is 0 Å². The van der Waals surface area contributed by atoms with E-state index in [2.05, 4.69) is 106 Å². The fourth-order valence-electron chi connectivity index (χ4n) is 4.70. The van der Waals surface area contributed by atoms with E-state index in [0.29, 0.717) is 27.9 Å². The lowest BCUT2D eigenvalue weighted by atomic mass is 9.36. The minimum absolute atomic E-state index is 0.111. The molecule has 27 heavy (non-hydrogen) atoms. The summed E-state index contributed by atoms with van der Waals surface area (Å²) in [6.07, 6.45) is 0. The molecular weight excluding hydrogens is 331 g/mol. The number of hydrogen-bond donors (Lipinski definition) is 5. The van der Waals surface area contributed by atoms with Crippen LogP contribution in [0.4, 0.5) is 0 Å². The van der Waals surface area contributed by atoms with Crippen molar-refractivity contribution in [3.05, 3.63) is 0 Å². The maximum absolute atomic E-state index is 3.75. The highest BCUT2D eigenvalue weighted by molar-refractivity contribution is 7.02. The topological polar surface area (TPSA) is 73.1 Å². The van der Waals surface area contributed by atoms with Crippen molar-refractivity contribution in [2.45, 2.75) is 47.8 Å². The van der Waals surface area contributed by atoms with Gasteiger partial charge in [-0.1, -0.05) is 47.8 Å². The Morgan fingerprint density at radius 3 is 1.04 bits per heavy atom. The minimum atomic E-state index is 0.111. The Kier molecular flexibility index (Phi) is 6.93. The molecule has 0 aromatic carbocycles. The molecule has 3 fully saturated rings. The standard InChI is InChI=1S/C9H32B9N9/c1-10-20-17(21-11(2)24(10)8)26-14(5)19-15(6)27(16(26)7)18-22-12(3)25(9)13(4)23-18/h19-23H,1-9H3. The van der Waals surface area contributed by atoms with Crippen molar-refractivity contribution in [2.75, 3.05) is 14.1 Å². The molecule has 0 saturated carbocycles. The summed E-state index contributed by atoms with van der Waals surface area (Å²) < 4.78 is 9.62. The predicted octanol–water partition coefficient (Wildman–Crippen LogP) is -2.76. The van der Waals surface area contributed by atoms with Gasteiger partial charge >= 0.3 is 14.2 Å². The van der Waals surface area contributed by atoms with Crippen LogP contribution in [0.3, 0.4) is 0 Å². The molecule has 5 N–H and O–H groups in total. The molecule has 3 aliphatic rings. The van der Waals surface area contributed by atoms with Gasteiger partial charge in [0.05, 0.1) is 0 Å². The maximum atomic E-state index is 3.75. The van der Waals surface area contributed by atoms with Crippen molar-refractivity contribution in [1.29, 1.82) is 0 Å². The zero-order valence-electron chi connectivity index (χ0n) is 18.5. The van der Waals surface area contributed by atoms with E-state index in [1.54, 1.807) is 0 Å². The van der Waals surface area contributed by atoms with E-state index < -0.39 is 0 Å². The number of nitrogens with zero attached hydrogens (tertiary/aromatic N) is 4. The molecule has 3 aliphatic heterocycles. The molecule has 0 unspecified atom stereocenters. The first-order valence-corrected chi connectivity index (χ1v) is 10.4. The van der Waals surface area contributed by atoms with Crippen molar-refractivity contribution >= 4 is 63.1 Å². The summed E-state index contributed by atoms with van der Waals surface area (Å²) in [4.78, 5) is 0. The van der Waals surface area contributed by atoms with Gasteiger partial charge in [-0.25, -0.2) is 0 Å². The Morgan fingerprint density at radius 2 is 0.741 bits per heavy atom. The van der Waals surface area contributed by atoms with E-state index in [4.69, 9.17) is 0 Å². The molecular formula is C9H32B9N9. The van der Waals surface area contributed by atoms with Crippen LogP contribution in [0.1, 0.15) is 0 Å². The van der Waals surface area contributed by atoms with Gasteiger partial charge in [-0.3, -0.25) is 0 Å². The molecule has 0 bridgehead atoms. The zero-order chi connectivity index (χ0) is 20.0. The third-order valence-corrected chi connectivity index (χ3v) is 6.88. The molecule has 3 heterocycles. The molecule has 0 aromatic heterocycles. The first kappa shape index (κ1) is 21.9. The van der Waals surface area contributed by atoms with Crippen LogP contribution < -0.4 is 25.7 Å². The van der Waals surface area contributed by atoms with Crippen molar-refractivity contribution < 1.29 is 0 Å². The largest absolute Gasteiger partial charge is 0.373 e. The Balaban J connectivity index is 1.78. The van der Waals surface area contributed by atoms with Crippen molar-refractivity contribution in [3.63, 3.8) is 0 Å². The van der Waals surface area contributed by atoms with Gasteiger partial charge < -0.3 is 44.4 Å². The molecule has 0 radical (unpaired) electrons. The number of nitrogens with one attached hydrogen (secondary N) is 5. The normalized spacial score (nSPS) is 25.4. The number of rotatable bonds is 2. The molecule has 0 spiro atoms. The fourth-order valence-corrected chi connectivity index (χ4v) is 4.70. The molecule has 0 atom stereocenters. The Morgan fingerprint density at radius 1 is 0.444 bits per heavy atom. The summed E-state index contributed by atoms with van der Waals surface area (Å²) in [5.74, 6) is 0. The average molecular weight is 364 g/mol. The Bertz CT molecular complexity index is 457. The van der Waals surface area contributed by atoms with E-state index in [9.17, 15) is 0 Å². The van der Waals surface area contributed by atoms with Crippen LogP contribution in [-0.4, -0.2) is 95.9 Å². The van der Waals surface area contributed by atoms with Crippen LogP contribution in [0.15, 0.2) is 0 Å². The van der Waals surface area contributed by atoms with Gasteiger partial charge in [0.2, 0.25) is 0 Å². The number of hydrogen-bond acceptors (Lipinski definition) is 9. The van der Waals surface area contributed by atoms with Crippen LogP contribution in [0.25, 0.3) is 0 Å². The molecule has 18 heteroatoms. The molecule has 9 nitrogen and oxygen atoms in total. The first-order valence-electron chi connectivity index (χ1n) is 10.4. The molecule has 0 aliphatic carbocycles. The van der Waals surface area contributed by atoms with Gasteiger partial charge in [0.1, 0.15) is 0 Å². The lowest BCUT2D eigenvalue weighted by Gasteiger charge is -2.54. The first-order chi connectivity index (χ1) is 12.6. The second kappa shape index (κ2) is 8.53. The van der Waals surface area contributed by atoms with Gasteiger partial charge in [0.25, 0.3) is 48.9 Å². The maximum Gasteiger partial charge on any atom is 0.356 e. The van der Waals surface area contributed by atoms with Crippen molar-refractivity contribution in [2.24, 2.45) is 0 Å². The van der Waals surface area contributed by atoms with Crippen LogP contribution >= 0.6 is 0 Å². The summed E-state index contributed by atoms with van der Waals surface area (Å²) in [7, 11) is 4.52. The summed E-state index contributed by atoms with van der Waals surface area (Å²) in [5, 5.41) is 18.6. The van der Waals surface area contributed by atoms with E-state index >= 15 is 0 Å². The zero-order valence-corrected chi connectivity index (χ0v) is 18.5. The highest BCUT2D eigenvalue weighted by atomic mass is 15.3. The second-order valence-electron chi connectivity index (χ2n) is 8.55. The van der Waals surface area contributed by atoms with Gasteiger partial charge in [0, 0.05) is 0 Å². The summed E-state index contributed by atoms with van der Waals surface area (Å²) in [5.41, 5.74) is 0. The molecule has 3 saturated heterocycles. The lowest BCUT2D eigenvalue weighted by Crippen LogP contribution is -2.90. The predicted molar refractivity (Wildman–Crippen MR) is 128 cm³/mol. The third kappa shape index (κ3) is 4.24. The van der Waals surface area contributed by atoms with Gasteiger partial charge in [-0.15, -0.1) is 0 Å². The van der Waals surface area contributed by atoms with Crippen LogP contribution in [-0.2, 0) is 0 Å². The third-order valence-electron chi connectivity index (χ3n) is 6.88. The van der Waals surface area contributed by atoms with Crippen LogP contribution in [0, 0.1) is 0 Å². The van der Waals surface area contributed by atoms with E-state index in [1.165, 1.54) is 0 Å². The second-order valence-corrected chi connectivity index (χ2v) is 8.55. The van der Waals surface area contributed by atoms with Crippen LogP contribution in [0.2, 0.25) is 47.8 Å². The van der Waals surface area contributed by atoms with Gasteiger partial charge in [-0.05, 0) is 14.1 Å². The summed E-state index contributed by atoms with van der Waals surface area (Å²) in [6, 6.07) is 0. The molecule has 0 amide bonds. The van der Waals surface area contributed by atoms with E-state index in [1.807, 2.05) is 0 Å². The highest BCUT2D eigenvalue weighted by Gasteiger charge is 2.52. The van der Waals surface area contributed by atoms with E-state index in [-0.39, 0.29) is 35.2 Å². The van der Waals surface area contributed by atoms with Gasteiger partial charge in [-0.2, -0.15) is 0 Å². The summed E-state index contributed by atoms with van der Waals surface area (Å²) >= 11 is 0. The SMILES string of the molecule is CB1NB(N2B(C)NB(C)N(B3NB(C)N(C)B(C)N3)B2C)NB(C)N1C. The van der Waals surface area contributed by atoms with Crippen molar-refractivity contribution in [3.8, 4) is 0 Å². The Labute approximate surface area is 169 Å². The fraction of sp³-hybridized carbons (Fsp3) is 1.00. The lowest BCUT2D eigenvalue weighted by molar-refractivity contribution is 0.701. The molecule has 140 valence electrons. The quantitative estimate of drug-likeness (QED) is 0.336. The average Bonchev–Trinajstić information content (AvgIpc) is 2.56. The highest BCUT2D eigenvalue weighted by Crippen LogP contribution is 2.16. The smallest absolute Gasteiger partial charge is 0.356 e. The van der Waals surface area contributed by atoms with Crippen molar-refractivity contribution in [1.82, 2.24) is 44.4 Å². The molecule has 0 aromatic rings.